The van der Waals surface area contributed by atoms with E-state index in [0.29, 0.717) is 31.8 Å². The molecule has 1 atom stereocenters. The van der Waals surface area contributed by atoms with Crippen molar-refractivity contribution in [2.75, 3.05) is 26.4 Å². The maximum absolute atomic E-state index is 10.9. The van der Waals surface area contributed by atoms with Crippen LogP contribution in [0.1, 0.15) is 51.4 Å². The first-order chi connectivity index (χ1) is 13.1. The van der Waals surface area contributed by atoms with Gasteiger partial charge in [-0.15, -0.1) is 0 Å². The van der Waals surface area contributed by atoms with E-state index in [1.54, 1.807) is 0 Å². The fraction of sp³-hybridized carbons (Fsp3) is 0.778. The van der Waals surface area contributed by atoms with Crippen molar-refractivity contribution in [3.63, 3.8) is 0 Å². The van der Waals surface area contributed by atoms with Gasteiger partial charge < -0.3 is 18.9 Å². The van der Waals surface area contributed by atoms with Crippen LogP contribution < -0.4 is 0 Å². The molecule has 0 bridgehead atoms. The van der Waals surface area contributed by atoms with Crippen molar-refractivity contribution in [3.8, 4) is 0 Å². The Labute approximate surface area is 182 Å². The third-order valence-corrected chi connectivity index (χ3v) is 8.29. The predicted molar refractivity (Wildman–Crippen MR) is 120 cm³/mol. The first-order valence-electron chi connectivity index (χ1n) is 9.25. The van der Waals surface area contributed by atoms with E-state index in [1.165, 1.54) is 13.5 Å². The zero-order valence-electron chi connectivity index (χ0n) is 15.5. The Kier molecular flexibility index (Phi) is 11.1. The molecule has 154 valence electrons. The van der Waals surface area contributed by atoms with Gasteiger partial charge in [-0.25, -0.2) is 0 Å². The fourth-order valence-electron chi connectivity index (χ4n) is 3.54. The van der Waals surface area contributed by atoms with Crippen LogP contribution in [0.25, 0.3) is 0 Å². The number of hydrogen-bond donors (Lipinski definition) is 0. The van der Waals surface area contributed by atoms with Gasteiger partial charge in [-0.2, -0.15) is 0 Å². The largest absolute Gasteiger partial charge is 0.348 e. The van der Waals surface area contributed by atoms with Crippen molar-refractivity contribution in [2.24, 2.45) is 0 Å². The van der Waals surface area contributed by atoms with Gasteiger partial charge in [0.25, 0.3) is 0 Å². The zero-order chi connectivity index (χ0) is 19.6. The number of halogens is 2. The summed E-state index contributed by atoms with van der Waals surface area (Å²) in [6.45, 7) is 2.92. The van der Waals surface area contributed by atoms with Gasteiger partial charge >= 0.3 is 0 Å². The molecule has 2 spiro atoms. The van der Waals surface area contributed by atoms with Crippen LogP contribution in [0.3, 0.4) is 0 Å². The van der Waals surface area contributed by atoms with Crippen LogP contribution in [0.15, 0.2) is 10.6 Å². The molecule has 2 saturated carbocycles. The van der Waals surface area contributed by atoms with Gasteiger partial charge in [0.05, 0.1) is 26.4 Å². The van der Waals surface area contributed by atoms with Crippen molar-refractivity contribution >= 4 is 59.2 Å². The number of ketones is 1. The van der Waals surface area contributed by atoms with E-state index >= 15 is 0 Å². The number of hydrogen-bond acceptors (Lipinski definition) is 5. The highest BCUT2D eigenvalue weighted by Crippen LogP contribution is 2.38. The summed E-state index contributed by atoms with van der Waals surface area (Å²) in [4.78, 5) is 12.9. The van der Waals surface area contributed by atoms with Crippen LogP contribution in [-0.4, -0.2) is 48.5 Å². The van der Waals surface area contributed by atoms with Gasteiger partial charge in [0.1, 0.15) is 5.78 Å². The first-order valence-corrected chi connectivity index (χ1v) is 13.7. The van der Waals surface area contributed by atoms with Crippen LogP contribution in [0.5, 0.6) is 0 Å². The second-order valence-corrected chi connectivity index (χ2v) is 9.84. The van der Waals surface area contributed by atoms with Crippen LogP contribution in [0.2, 0.25) is 0 Å². The third kappa shape index (κ3) is 7.86. The van der Waals surface area contributed by atoms with E-state index in [-0.39, 0.29) is 11.6 Å². The molecular formula is C18H28Br2O5P2. The highest BCUT2D eigenvalue weighted by Gasteiger charge is 2.40. The smallest absolute Gasteiger partial charge is 0.169 e. The fourth-order valence-corrected chi connectivity index (χ4v) is 4.00. The summed E-state index contributed by atoms with van der Waals surface area (Å²) in [5.74, 6) is -0.234. The molecule has 5 nitrogen and oxygen atoms in total. The lowest BCUT2D eigenvalue weighted by Gasteiger charge is -2.32. The Morgan fingerprint density at radius 1 is 0.815 bits per heavy atom. The van der Waals surface area contributed by atoms with Gasteiger partial charge in [-0.05, 0) is 17.8 Å². The van der Waals surface area contributed by atoms with E-state index < -0.39 is 0 Å². The number of rotatable bonds is 0. The highest BCUT2D eigenvalue weighted by atomic mass is 79.9. The van der Waals surface area contributed by atoms with E-state index in [2.05, 4.69) is 40.8 Å². The molecule has 4 aliphatic rings. The van der Waals surface area contributed by atoms with E-state index in [1.807, 2.05) is 9.69 Å². The third-order valence-electron chi connectivity index (χ3n) is 5.06. The molecule has 0 aromatic heterocycles. The van der Waals surface area contributed by atoms with E-state index in [0.717, 1.165) is 51.7 Å². The number of ether oxygens (including phenoxy) is 4. The highest BCUT2D eigenvalue weighted by molar-refractivity contribution is 9.18. The maximum atomic E-state index is 10.9. The molecule has 0 amide bonds. The first kappa shape index (κ1) is 24.1. The zero-order valence-corrected chi connectivity index (χ0v) is 20.7. The molecule has 1 unspecified atom stereocenters. The van der Waals surface area contributed by atoms with Crippen molar-refractivity contribution in [2.45, 2.75) is 62.9 Å². The Hall–Kier alpha value is 0.810. The molecule has 0 aromatic rings. The van der Waals surface area contributed by atoms with Gasteiger partial charge in [0, 0.05) is 43.2 Å². The summed E-state index contributed by atoms with van der Waals surface area (Å²) in [5.41, 5.74) is 1.47. The number of allylic oxidation sites excluding steroid dienone is 1. The minimum atomic E-state index is -0.367. The molecule has 27 heavy (non-hydrogen) atoms. The van der Waals surface area contributed by atoms with Crippen molar-refractivity contribution in [1.82, 2.24) is 0 Å². The van der Waals surface area contributed by atoms with Gasteiger partial charge in [0.2, 0.25) is 0 Å². The molecule has 0 radical (unpaired) electrons. The summed E-state index contributed by atoms with van der Waals surface area (Å²) in [6.07, 6.45) is 7.00. The molecule has 4 fully saturated rings. The molecule has 0 N–H and O–H groups in total. The Morgan fingerprint density at radius 2 is 1.19 bits per heavy atom. The molecule has 2 aliphatic heterocycles. The van der Waals surface area contributed by atoms with Crippen LogP contribution >= 0.6 is 48.7 Å². The minimum Gasteiger partial charge on any atom is -0.348 e. The molecule has 4 rings (SSSR count). The average Bonchev–Trinajstić information content (AvgIpc) is 3.36. The summed E-state index contributed by atoms with van der Waals surface area (Å²) in [6, 6.07) is 0. The monoisotopic (exact) mass is 544 g/mol. The predicted octanol–water partition coefficient (Wildman–Crippen LogP) is 5.33. The van der Waals surface area contributed by atoms with Gasteiger partial charge in [-0.3, -0.25) is 4.79 Å². The van der Waals surface area contributed by atoms with Crippen molar-refractivity contribution in [3.05, 3.63) is 10.6 Å². The van der Waals surface area contributed by atoms with E-state index in [4.69, 9.17) is 18.9 Å². The summed E-state index contributed by atoms with van der Waals surface area (Å²) < 4.78 is 24.0. The number of Topliss-reactive ketones (excluding diaryl/α,β-unsaturated/α-hetero) is 1. The molecule has 2 saturated heterocycles. The Bertz CT molecular complexity index is 502. The van der Waals surface area contributed by atoms with Crippen molar-refractivity contribution in [1.29, 1.82) is 0 Å². The summed E-state index contributed by atoms with van der Waals surface area (Å²) >= 11 is 6.45. The van der Waals surface area contributed by atoms with Crippen LogP contribution in [0.4, 0.5) is 0 Å². The average molecular weight is 546 g/mol. The SMILES string of the molecule is BrC=C1CCC2(CC1)OCCO2.O=C1CCC2(CC1)OCCO2.PP=CBr. The Balaban J connectivity index is 0.000000163. The number of carbonyl (C=O) groups is 1. The van der Waals surface area contributed by atoms with Crippen LogP contribution in [0, 0.1) is 0 Å². The lowest BCUT2D eigenvalue weighted by molar-refractivity contribution is -0.179. The molecule has 2 heterocycles. The molecular weight excluding hydrogens is 518 g/mol. The number of carbonyl (C=O) groups excluding carboxylic acids is 1. The maximum Gasteiger partial charge on any atom is 0.169 e. The topological polar surface area (TPSA) is 54.0 Å². The second kappa shape index (κ2) is 12.5. The Morgan fingerprint density at radius 3 is 1.52 bits per heavy atom. The lowest BCUT2D eigenvalue weighted by Crippen LogP contribution is -2.35. The summed E-state index contributed by atoms with van der Waals surface area (Å²) in [5, 5.41) is 0. The van der Waals surface area contributed by atoms with Crippen molar-refractivity contribution < 1.29 is 23.7 Å². The molecule has 2 aliphatic carbocycles. The second-order valence-electron chi connectivity index (χ2n) is 6.77. The molecule has 0 aromatic carbocycles. The van der Waals surface area contributed by atoms with Gasteiger partial charge in [0.15, 0.2) is 11.6 Å². The molecule has 9 heteroatoms. The minimum absolute atomic E-state index is 0.209. The van der Waals surface area contributed by atoms with E-state index in [9.17, 15) is 4.79 Å². The van der Waals surface area contributed by atoms with Crippen LogP contribution in [-0.2, 0) is 23.7 Å². The van der Waals surface area contributed by atoms with Gasteiger partial charge in [-0.1, -0.05) is 54.3 Å². The standard InChI is InChI=1S/C9H13BrO2.C8H12O3.CH3BrP2/c10-7-8-1-3-9(4-2-8)11-5-6-12-9;9-7-1-3-8(4-2-7)10-5-6-11-8;2-1-4-3/h7H,1-6H2;1-6H2;1H,3H2. The summed E-state index contributed by atoms with van der Waals surface area (Å²) in [7, 11) is 3.73. The normalized spacial score (nSPS) is 25.9. The lowest BCUT2D eigenvalue weighted by atomic mass is 9.91. The quantitative estimate of drug-likeness (QED) is 0.385.